The van der Waals surface area contributed by atoms with E-state index >= 15 is 0 Å². The lowest BCUT2D eigenvalue weighted by atomic mass is 9.46. The zero-order chi connectivity index (χ0) is 32.9. The largest absolute Gasteiger partial charge is 0.0845 e. The Morgan fingerprint density at radius 2 is 0.979 bits per heavy atom. The van der Waals surface area contributed by atoms with E-state index in [0.717, 1.165) is 71.0 Å². The molecule has 0 nitrogen and oxygen atoms in total. The van der Waals surface area contributed by atoms with Crippen LogP contribution in [0.15, 0.2) is 23.3 Å². The summed E-state index contributed by atoms with van der Waals surface area (Å²) in [6, 6.07) is 0. The van der Waals surface area contributed by atoms with E-state index in [4.69, 9.17) is 0 Å². The Labute approximate surface area is 292 Å². The number of hydrogen-bond donors (Lipinski definition) is 0. The van der Waals surface area contributed by atoms with Gasteiger partial charge >= 0.3 is 0 Å². The highest BCUT2D eigenvalue weighted by Gasteiger charge is 2.61. The molecule has 0 heteroatoms. The molecule has 16 atom stereocenters. The van der Waals surface area contributed by atoms with Crippen LogP contribution in [0.5, 0.6) is 0 Å². The second-order valence-corrected chi connectivity index (χ2v) is 21.2. The van der Waals surface area contributed by atoms with Crippen molar-refractivity contribution in [2.75, 3.05) is 0 Å². The Kier molecular flexibility index (Phi) is 8.60. The summed E-state index contributed by atoms with van der Waals surface area (Å²) in [5.74, 6) is 11.5. The van der Waals surface area contributed by atoms with Crippen LogP contribution in [-0.2, 0) is 0 Å². The van der Waals surface area contributed by atoms with E-state index in [1.807, 2.05) is 11.1 Å². The van der Waals surface area contributed by atoms with Gasteiger partial charge in [-0.05, 0) is 202 Å². The van der Waals surface area contributed by atoms with Gasteiger partial charge in [0, 0.05) is 0 Å². The standard InChI is InChI=1S/C47H76/c1-9-32-19-23-44(5)34(28-32)11-13-36-40-17-15-38(46(40,7)25-21-42(36)44)30(3)27-31(4)39-16-18-41-37-14-12-35-29-33(10-2)20-24-45(35,6)43(37)22-26-47(39,41)8/h11-12,30-33,36-43H,9-10,13-29H2,1-8H3/t30-,31-,32+,33+,36+,37+,38?,39?,40?,41?,42?,43?,44?,45?,46?,47?/m1/s1. The van der Waals surface area contributed by atoms with Crippen molar-refractivity contribution in [2.45, 2.75) is 177 Å². The first-order valence-electron chi connectivity index (χ1n) is 21.8. The molecule has 0 radical (unpaired) electrons. The van der Waals surface area contributed by atoms with E-state index in [2.05, 4.69) is 67.5 Å². The second-order valence-electron chi connectivity index (χ2n) is 21.2. The molecule has 6 fully saturated rings. The zero-order valence-corrected chi connectivity index (χ0v) is 32.5. The number of allylic oxidation sites excluding steroid dienone is 4. The Bertz CT molecular complexity index is 1140. The Hall–Kier alpha value is -0.520. The average molecular weight is 641 g/mol. The van der Waals surface area contributed by atoms with E-state index < -0.39 is 0 Å². The summed E-state index contributed by atoms with van der Waals surface area (Å²) in [5.41, 5.74) is 6.06. The van der Waals surface area contributed by atoms with Gasteiger partial charge in [0.15, 0.2) is 0 Å². The van der Waals surface area contributed by atoms with Crippen molar-refractivity contribution in [1.29, 1.82) is 0 Å². The van der Waals surface area contributed by atoms with Gasteiger partial charge in [-0.25, -0.2) is 0 Å². The number of hydrogen-bond acceptors (Lipinski definition) is 0. The maximum atomic E-state index is 2.82. The van der Waals surface area contributed by atoms with Crippen LogP contribution in [0, 0.1) is 92.7 Å². The maximum Gasteiger partial charge on any atom is -0.00851 e. The van der Waals surface area contributed by atoms with E-state index in [-0.39, 0.29) is 0 Å². The third kappa shape index (κ3) is 4.97. The van der Waals surface area contributed by atoms with Crippen LogP contribution in [-0.4, -0.2) is 0 Å². The van der Waals surface area contributed by atoms with Crippen molar-refractivity contribution in [3.63, 3.8) is 0 Å². The molecule has 0 spiro atoms. The smallest absolute Gasteiger partial charge is 0.00851 e. The molecule has 0 heterocycles. The molecule has 10 unspecified atom stereocenters. The summed E-state index contributed by atoms with van der Waals surface area (Å²) in [7, 11) is 0. The third-order valence-corrected chi connectivity index (χ3v) is 19.8. The van der Waals surface area contributed by atoms with Crippen LogP contribution in [0.1, 0.15) is 177 Å². The summed E-state index contributed by atoms with van der Waals surface area (Å²) in [4.78, 5) is 0. The van der Waals surface area contributed by atoms with Gasteiger partial charge in [0.1, 0.15) is 0 Å². The molecule has 0 aliphatic heterocycles. The summed E-state index contributed by atoms with van der Waals surface area (Å²) < 4.78 is 0. The Morgan fingerprint density at radius 1 is 0.553 bits per heavy atom. The van der Waals surface area contributed by atoms with Gasteiger partial charge in [0.2, 0.25) is 0 Å². The van der Waals surface area contributed by atoms with E-state index in [1.165, 1.54) is 122 Å². The van der Waals surface area contributed by atoms with Gasteiger partial charge < -0.3 is 0 Å². The number of rotatable bonds is 6. The predicted molar refractivity (Wildman–Crippen MR) is 201 cm³/mol. The lowest BCUT2D eigenvalue weighted by Gasteiger charge is -2.59. The molecule has 8 rings (SSSR count). The molecular formula is C47H76. The molecule has 47 heavy (non-hydrogen) atoms. The molecule has 8 aliphatic carbocycles. The van der Waals surface area contributed by atoms with E-state index in [9.17, 15) is 0 Å². The molecular weight excluding hydrogens is 565 g/mol. The monoisotopic (exact) mass is 641 g/mol. The topological polar surface area (TPSA) is 0 Å². The molecule has 264 valence electrons. The molecule has 8 aliphatic rings. The number of fused-ring (bicyclic) bond motifs is 10. The van der Waals surface area contributed by atoms with Gasteiger partial charge in [-0.1, -0.05) is 91.5 Å². The molecule has 0 N–H and O–H groups in total. The van der Waals surface area contributed by atoms with Crippen LogP contribution < -0.4 is 0 Å². The fourth-order valence-corrected chi connectivity index (χ4v) is 17.0. The van der Waals surface area contributed by atoms with Crippen molar-refractivity contribution in [2.24, 2.45) is 92.7 Å². The van der Waals surface area contributed by atoms with Crippen molar-refractivity contribution in [1.82, 2.24) is 0 Å². The minimum atomic E-state index is 0.531. The van der Waals surface area contributed by atoms with Crippen molar-refractivity contribution in [3.05, 3.63) is 23.3 Å². The van der Waals surface area contributed by atoms with Crippen LogP contribution in [0.4, 0.5) is 0 Å². The van der Waals surface area contributed by atoms with Gasteiger partial charge in [-0.2, -0.15) is 0 Å². The van der Waals surface area contributed by atoms with Crippen LogP contribution in [0.3, 0.4) is 0 Å². The quantitative estimate of drug-likeness (QED) is 0.253. The van der Waals surface area contributed by atoms with Crippen LogP contribution in [0.25, 0.3) is 0 Å². The lowest BCUT2D eigenvalue weighted by Crippen LogP contribution is -2.51. The SMILES string of the molecule is CC[C@H]1CCC2(C)C(=CC[C@@H]3C2CCC2(C)C3CCC2[C@H](C)C[C@@H](C)C2CCC3[C@@H]4CC=C5C[C@@H](CC)CCC5(C)C4CCC32C)C1. The second kappa shape index (κ2) is 12.0. The normalized spacial score (nSPS) is 53.3. The average Bonchev–Trinajstić information content (AvgIpc) is 3.61. The van der Waals surface area contributed by atoms with Gasteiger partial charge in [0.05, 0.1) is 0 Å². The minimum Gasteiger partial charge on any atom is -0.0845 e. The molecule has 0 aromatic heterocycles. The highest BCUT2D eigenvalue weighted by molar-refractivity contribution is 5.26. The summed E-state index contributed by atoms with van der Waals surface area (Å²) in [6.45, 7) is 21.4. The molecule has 0 aromatic rings. The van der Waals surface area contributed by atoms with Gasteiger partial charge in [-0.15, -0.1) is 0 Å². The first-order chi connectivity index (χ1) is 22.5. The van der Waals surface area contributed by atoms with Gasteiger partial charge in [0.25, 0.3) is 0 Å². The molecule has 0 saturated heterocycles. The van der Waals surface area contributed by atoms with E-state index in [1.54, 1.807) is 0 Å². The third-order valence-electron chi connectivity index (χ3n) is 19.8. The van der Waals surface area contributed by atoms with E-state index in [0.29, 0.717) is 21.7 Å². The highest BCUT2D eigenvalue weighted by atomic mass is 14.7. The zero-order valence-electron chi connectivity index (χ0n) is 32.5. The minimum absolute atomic E-state index is 0.531. The van der Waals surface area contributed by atoms with Crippen molar-refractivity contribution in [3.8, 4) is 0 Å². The molecule has 0 bridgehead atoms. The summed E-state index contributed by atoms with van der Waals surface area (Å²) in [5, 5.41) is 0. The van der Waals surface area contributed by atoms with Crippen LogP contribution >= 0.6 is 0 Å². The summed E-state index contributed by atoms with van der Waals surface area (Å²) in [6.07, 6.45) is 33.8. The highest BCUT2D eigenvalue weighted by Crippen LogP contribution is 2.70. The predicted octanol–water partition coefficient (Wildman–Crippen LogP) is 13.9. The van der Waals surface area contributed by atoms with Crippen molar-refractivity contribution < 1.29 is 0 Å². The molecule has 6 saturated carbocycles. The Morgan fingerprint density at radius 3 is 1.38 bits per heavy atom. The fraction of sp³-hybridized carbons (Fsp3) is 0.915. The molecule has 0 amide bonds. The van der Waals surface area contributed by atoms with Crippen molar-refractivity contribution >= 4 is 0 Å². The fourth-order valence-electron chi connectivity index (χ4n) is 17.0. The van der Waals surface area contributed by atoms with Gasteiger partial charge in [-0.3, -0.25) is 0 Å². The summed E-state index contributed by atoms with van der Waals surface area (Å²) >= 11 is 0. The molecule has 0 aromatic carbocycles. The first kappa shape index (κ1) is 33.6. The van der Waals surface area contributed by atoms with Crippen LogP contribution in [0.2, 0.25) is 0 Å². The maximum absolute atomic E-state index is 2.82. The lowest BCUT2D eigenvalue weighted by molar-refractivity contribution is -0.0619. The first-order valence-corrected chi connectivity index (χ1v) is 21.8. The Balaban J connectivity index is 0.940.